The van der Waals surface area contributed by atoms with Crippen LogP contribution in [0.3, 0.4) is 0 Å². The van der Waals surface area contributed by atoms with E-state index in [0.717, 1.165) is 16.4 Å². The Hall–Kier alpha value is -2.29. The first-order valence-electron chi connectivity index (χ1n) is 11.6. The molecule has 0 bridgehead atoms. The average molecular weight is 657 g/mol. The lowest BCUT2D eigenvalue weighted by molar-refractivity contribution is 0.0271. The van der Waals surface area contributed by atoms with Crippen molar-refractivity contribution in [3.05, 3.63) is 80.1 Å². The Bertz CT molecular complexity index is 1390. The summed E-state index contributed by atoms with van der Waals surface area (Å²) in [7, 11) is -3.93. The molecule has 1 heterocycles. The minimum Gasteiger partial charge on any atom is -0.396 e. The van der Waals surface area contributed by atoms with Gasteiger partial charge in [-0.1, -0.05) is 11.6 Å². The summed E-state index contributed by atoms with van der Waals surface area (Å²) in [4.78, 5) is 22.3. The summed E-state index contributed by atoms with van der Waals surface area (Å²) < 4.78 is 29.7. The number of aliphatic hydroxyl groups is 1. The lowest BCUT2D eigenvalue weighted by atomic mass is 10.1. The Morgan fingerprint density at radius 2 is 1.95 bits per heavy atom. The number of rotatable bonds is 12. The molecule has 12 heteroatoms. The van der Waals surface area contributed by atoms with Crippen molar-refractivity contribution in [1.82, 2.24) is 15.2 Å². The number of pyridine rings is 1. The summed E-state index contributed by atoms with van der Waals surface area (Å²) in [6.45, 7) is 0.420. The summed E-state index contributed by atoms with van der Waals surface area (Å²) in [6, 6.07) is 13.0. The molecule has 3 aromatic rings. The number of hydroxylamine groups is 1. The number of anilines is 2. The fourth-order valence-corrected chi connectivity index (χ4v) is 5.39. The van der Waals surface area contributed by atoms with Crippen molar-refractivity contribution >= 4 is 61.5 Å². The second-order valence-electron chi connectivity index (χ2n) is 8.60. The fraction of sp³-hybridized carbons (Fsp3) is 0.280. The van der Waals surface area contributed by atoms with E-state index < -0.39 is 15.9 Å². The van der Waals surface area contributed by atoms with Gasteiger partial charge < -0.3 is 10.4 Å². The number of nitrogens with zero attached hydrogens (tertiary/aromatic N) is 1. The van der Waals surface area contributed by atoms with Crippen LogP contribution in [0, 0.1) is 9.49 Å². The molecule has 1 aliphatic rings. The molecular formula is C25H26ClIN4O5S. The molecule has 0 saturated heterocycles. The zero-order chi connectivity index (χ0) is 26.4. The van der Waals surface area contributed by atoms with Gasteiger partial charge in [-0.05, 0) is 95.4 Å². The van der Waals surface area contributed by atoms with Crippen LogP contribution in [-0.2, 0) is 27.8 Å². The van der Waals surface area contributed by atoms with Crippen molar-refractivity contribution in [2.45, 2.75) is 30.7 Å². The summed E-state index contributed by atoms with van der Waals surface area (Å²) in [5.74, 6) is -0.0444. The van der Waals surface area contributed by atoms with E-state index in [1.165, 1.54) is 18.2 Å². The van der Waals surface area contributed by atoms with E-state index in [4.69, 9.17) is 21.5 Å². The van der Waals surface area contributed by atoms with Crippen LogP contribution < -0.4 is 15.5 Å². The fourth-order valence-electron chi connectivity index (χ4n) is 3.44. The minimum absolute atomic E-state index is 0.0308. The Kier molecular flexibility index (Phi) is 9.37. The highest BCUT2D eigenvalue weighted by Gasteiger charge is 2.23. The maximum Gasteiger partial charge on any atom is 0.276 e. The van der Waals surface area contributed by atoms with Gasteiger partial charge in [0.25, 0.3) is 5.91 Å². The second kappa shape index (κ2) is 12.5. The molecule has 9 nitrogen and oxygen atoms in total. The summed E-state index contributed by atoms with van der Waals surface area (Å²) in [5, 5.41) is 12.6. The van der Waals surface area contributed by atoms with Crippen molar-refractivity contribution in [3.8, 4) is 0 Å². The maximum atomic E-state index is 13.1. The van der Waals surface area contributed by atoms with Crippen LogP contribution in [0.2, 0.25) is 5.02 Å². The highest BCUT2D eigenvalue weighted by Crippen LogP contribution is 2.31. The van der Waals surface area contributed by atoms with Gasteiger partial charge in [-0.3, -0.25) is 14.6 Å². The number of benzene rings is 2. The Balaban J connectivity index is 1.57. The van der Waals surface area contributed by atoms with Crippen molar-refractivity contribution in [3.63, 3.8) is 0 Å². The molecule has 0 radical (unpaired) electrons. The minimum atomic E-state index is -3.93. The Morgan fingerprint density at radius 1 is 1.14 bits per heavy atom. The van der Waals surface area contributed by atoms with E-state index in [-0.39, 0.29) is 29.3 Å². The molecule has 1 amide bonds. The van der Waals surface area contributed by atoms with Gasteiger partial charge in [-0.25, -0.2) is 18.6 Å². The molecule has 1 saturated carbocycles. The van der Waals surface area contributed by atoms with Crippen LogP contribution >= 0.6 is 34.2 Å². The second-order valence-corrected chi connectivity index (χ2v) is 12.0. The number of nitrogens with one attached hydrogen (secondary N) is 3. The standard InChI is InChI=1S/C25H26ClIN4O5S/c26-22-12-18(27)3-6-23(22)30-24-13-20(4-5-21(24)25(33)31-36-15-16-1-2-16)37(34,35)29-14-17-7-9-28-19(11-17)8-10-32/h3-7,9,11-13,16,29-30,32H,1-2,8,10,14-15H2,(H,31,33). The van der Waals surface area contributed by atoms with Crippen LogP contribution in [0.1, 0.15) is 34.5 Å². The molecule has 1 aromatic heterocycles. The predicted molar refractivity (Wildman–Crippen MR) is 149 cm³/mol. The van der Waals surface area contributed by atoms with Crippen LogP contribution in [0.4, 0.5) is 11.4 Å². The van der Waals surface area contributed by atoms with E-state index in [9.17, 15) is 13.2 Å². The molecule has 0 atom stereocenters. The van der Waals surface area contributed by atoms with Crippen LogP contribution in [0.15, 0.2) is 59.6 Å². The number of carbonyl (C=O) groups is 1. The maximum absolute atomic E-state index is 13.1. The first-order valence-corrected chi connectivity index (χ1v) is 14.5. The molecule has 0 aliphatic heterocycles. The van der Waals surface area contributed by atoms with Gasteiger partial charge >= 0.3 is 0 Å². The summed E-state index contributed by atoms with van der Waals surface area (Å²) >= 11 is 8.51. The molecule has 0 spiro atoms. The Morgan fingerprint density at radius 3 is 2.68 bits per heavy atom. The van der Waals surface area contributed by atoms with Gasteiger partial charge in [0.1, 0.15) is 0 Å². The van der Waals surface area contributed by atoms with Crippen LogP contribution in [0.25, 0.3) is 0 Å². The number of aromatic nitrogens is 1. The number of carbonyl (C=O) groups excluding carboxylic acids is 1. The van der Waals surface area contributed by atoms with Crippen LogP contribution in [0.5, 0.6) is 0 Å². The number of amides is 1. The number of aliphatic hydroxyl groups excluding tert-OH is 1. The number of sulfonamides is 1. The predicted octanol–water partition coefficient (Wildman–Crippen LogP) is 4.17. The Labute approximate surface area is 234 Å². The molecular weight excluding hydrogens is 631 g/mol. The van der Waals surface area contributed by atoms with E-state index >= 15 is 0 Å². The van der Waals surface area contributed by atoms with Gasteiger partial charge in [0, 0.05) is 35.0 Å². The molecule has 4 N–H and O–H groups in total. The summed E-state index contributed by atoms with van der Waals surface area (Å²) in [6.07, 6.45) is 4.11. The van der Waals surface area contributed by atoms with E-state index in [2.05, 4.69) is 43.1 Å². The first-order chi connectivity index (χ1) is 17.7. The largest absolute Gasteiger partial charge is 0.396 e. The summed E-state index contributed by atoms with van der Waals surface area (Å²) in [5.41, 5.74) is 4.79. The van der Waals surface area contributed by atoms with Crippen molar-refractivity contribution in [1.29, 1.82) is 0 Å². The molecule has 1 fully saturated rings. The third-order valence-electron chi connectivity index (χ3n) is 5.64. The van der Waals surface area contributed by atoms with Crippen molar-refractivity contribution in [2.75, 3.05) is 18.5 Å². The van der Waals surface area contributed by atoms with Gasteiger partial charge in [0.2, 0.25) is 10.0 Å². The zero-order valence-electron chi connectivity index (χ0n) is 19.7. The lowest BCUT2D eigenvalue weighted by Gasteiger charge is -2.16. The zero-order valence-corrected chi connectivity index (χ0v) is 23.4. The molecule has 1 aliphatic carbocycles. The molecule has 37 heavy (non-hydrogen) atoms. The number of hydrogen-bond acceptors (Lipinski definition) is 7. The van der Waals surface area contributed by atoms with Crippen molar-refractivity contribution < 1.29 is 23.2 Å². The van der Waals surface area contributed by atoms with E-state index in [1.807, 2.05) is 6.07 Å². The quantitative estimate of drug-likeness (QED) is 0.170. The number of halogens is 2. The molecule has 2 aromatic carbocycles. The first kappa shape index (κ1) is 27.7. The third-order valence-corrected chi connectivity index (χ3v) is 8.03. The lowest BCUT2D eigenvalue weighted by Crippen LogP contribution is -2.26. The number of hydrogen-bond donors (Lipinski definition) is 4. The van der Waals surface area contributed by atoms with E-state index in [1.54, 1.807) is 30.5 Å². The third kappa shape index (κ3) is 7.85. The topological polar surface area (TPSA) is 130 Å². The highest BCUT2D eigenvalue weighted by molar-refractivity contribution is 14.1. The van der Waals surface area contributed by atoms with Gasteiger partial charge in [-0.2, -0.15) is 0 Å². The van der Waals surface area contributed by atoms with E-state index in [0.29, 0.717) is 40.9 Å². The smallest absolute Gasteiger partial charge is 0.276 e. The van der Waals surface area contributed by atoms with Crippen LogP contribution in [-0.4, -0.2) is 37.6 Å². The van der Waals surface area contributed by atoms with Gasteiger partial charge in [0.05, 0.1) is 33.5 Å². The average Bonchev–Trinajstić information content (AvgIpc) is 3.69. The molecule has 0 unspecified atom stereocenters. The normalized spacial score (nSPS) is 13.4. The highest BCUT2D eigenvalue weighted by atomic mass is 127. The SMILES string of the molecule is O=C(NOCC1CC1)c1ccc(S(=O)(=O)NCc2ccnc(CCO)c2)cc1Nc1ccc(I)cc1Cl. The van der Waals surface area contributed by atoms with Crippen molar-refractivity contribution in [2.24, 2.45) is 5.92 Å². The molecule has 4 rings (SSSR count). The van der Waals surface area contributed by atoms with Gasteiger partial charge in [0.15, 0.2) is 0 Å². The monoisotopic (exact) mass is 656 g/mol. The van der Waals surface area contributed by atoms with Gasteiger partial charge in [-0.15, -0.1) is 0 Å². The molecule has 196 valence electrons.